The number of hydrogen-bond acceptors (Lipinski definition) is 2. The Hall–Kier alpha value is 0.411. The van der Waals surface area contributed by atoms with Crippen molar-refractivity contribution in [2.75, 3.05) is 0 Å². The lowest BCUT2D eigenvalue weighted by atomic mass is 10.0. The van der Waals surface area contributed by atoms with Gasteiger partial charge in [0.1, 0.15) is 0 Å². The van der Waals surface area contributed by atoms with Crippen LogP contribution in [0.25, 0.3) is 0 Å². The van der Waals surface area contributed by atoms with Gasteiger partial charge in [0.15, 0.2) is 8.32 Å². The van der Waals surface area contributed by atoms with Gasteiger partial charge in [-0.05, 0) is 44.1 Å². The summed E-state index contributed by atoms with van der Waals surface area (Å²) in [5.41, 5.74) is 0.364. The van der Waals surface area contributed by atoms with E-state index in [1.807, 2.05) is 6.55 Å². The minimum Gasteiger partial charge on any atom is -0.417 e. The van der Waals surface area contributed by atoms with Gasteiger partial charge in [-0.2, -0.15) is 0 Å². The predicted molar refractivity (Wildman–Crippen MR) is 101 cm³/mol. The van der Waals surface area contributed by atoms with Crippen LogP contribution in [0.3, 0.4) is 0 Å². The van der Waals surface area contributed by atoms with Crippen molar-refractivity contribution in [1.29, 1.82) is 0 Å². The van der Waals surface area contributed by atoms with Gasteiger partial charge < -0.3 is 8.89 Å². The second-order valence-corrected chi connectivity index (χ2v) is 19.8. The average molecular weight is 347 g/mol. The van der Waals surface area contributed by atoms with Gasteiger partial charge in [-0.3, -0.25) is 0 Å². The van der Waals surface area contributed by atoms with Crippen molar-refractivity contribution in [1.82, 2.24) is 0 Å². The molecule has 0 heterocycles. The lowest BCUT2D eigenvalue weighted by Gasteiger charge is -2.46. The van der Waals surface area contributed by atoms with Crippen LogP contribution in [0, 0.1) is 0 Å². The molecule has 0 saturated heterocycles. The highest BCUT2D eigenvalue weighted by molar-refractivity contribution is 6.81. The molecule has 0 fully saturated rings. The fraction of sp³-hybridized carbons (Fsp3) is 1.00. The van der Waals surface area contributed by atoms with Gasteiger partial charge in [0, 0.05) is 5.73 Å². The molecule has 0 aromatic carbocycles. The molecule has 0 aliphatic heterocycles. The van der Waals surface area contributed by atoms with Gasteiger partial charge in [-0.1, -0.05) is 52.8 Å². The van der Waals surface area contributed by atoms with E-state index in [2.05, 4.69) is 53.9 Å². The smallest absolute Gasteiger partial charge is 0.273 e. The lowest BCUT2D eigenvalue weighted by Crippen LogP contribution is -2.52. The number of hydrogen-bond donors (Lipinski definition) is 0. The molecule has 5 heteroatoms. The van der Waals surface area contributed by atoms with Crippen LogP contribution in [0.1, 0.15) is 47.0 Å². The zero-order chi connectivity index (χ0) is 16.9. The first kappa shape index (κ1) is 21.4. The Morgan fingerprint density at radius 3 is 2.10 bits per heavy atom. The molecule has 0 aromatic rings. The third-order valence-corrected chi connectivity index (χ3v) is 15.7. The molecule has 0 aliphatic carbocycles. The summed E-state index contributed by atoms with van der Waals surface area (Å²) in [6.07, 6.45) is 3.70. The second-order valence-electron chi connectivity index (χ2n) is 8.13. The molecule has 0 rings (SSSR count). The van der Waals surface area contributed by atoms with Gasteiger partial charge in [-0.25, -0.2) is 0 Å². The first-order chi connectivity index (χ1) is 9.42. The summed E-state index contributed by atoms with van der Waals surface area (Å²) >= 11 is 0. The van der Waals surface area contributed by atoms with E-state index in [1.54, 1.807) is 0 Å². The van der Waals surface area contributed by atoms with E-state index in [0.29, 0.717) is 10.8 Å². The van der Waals surface area contributed by atoms with Crippen LogP contribution >= 0.6 is 0 Å². The molecular weight excluding hydrogens is 308 g/mol. The van der Waals surface area contributed by atoms with E-state index >= 15 is 0 Å². The van der Waals surface area contributed by atoms with E-state index in [1.165, 1.54) is 19.3 Å². The minimum atomic E-state index is -1.74. The van der Waals surface area contributed by atoms with E-state index < -0.39 is 25.1 Å². The fourth-order valence-corrected chi connectivity index (χ4v) is 12.3. The van der Waals surface area contributed by atoms with Crippen LogP contribution in [0.4, 0.5) is 0 Å². The van der Waals surface area contributed by atoms with Gasteiger partial charge >= 0.3 is 0 Å². The molecule has 2 nitrogen and oxygen atoms in total. The van der Waals surface area contributed by atoms with Crippen LogP contribution in [-0.2, 0) is 8.89 Å². The molecule has 126 valence electrons. The molecule has 0 saturated carbocycles. The molecule has 2 unspecified atom stereocenters. The average Bonchev–Trinajstić information content (AvgIpc) is 2.35. The van der Waals surface area contributed by atoms with E-state index in [9.17, 15) is 4.46 Å². The summed E-state index contributed by atoms with van der Waals surface area (Å²) in [4.78, 5) is 0. The van der Waals surface area contributed by atoms with Crippen molar-refractivity contribution in [3.05, 3.63) is 0 Å². The molecule has 21 heavy (non-hydrogen) atoms. The first-order valence-electron chi connectivity index (χ1n) is 8.59. The molecule has 0 amide bonds. The summed E-state index contributed by atoms with van der Waals surface area (Å²) in [6, 6.07) is 2.03. The molecule has 0 aliphatic rings. The highest BCUT2D eigenvalue weighted by atomic mass is 28.4. The zero-order valence-electron chi connectivity index (χ0n) is 15.9. The summed E-state index contributed by atoms with van der Waals surface area (Å²) in [5.74, 6) is 0. The Morgan fingerprint density at radius 1 is 1.19 bits per heavy atom. The summed E-state index contributed by atoms with van der Waals surface area (Å²) < 4.78 is 18.2. The summed E-state index contributed by atoms with van der Waals surface area (Å²) in [6.45, 7) is 20.8. The van der Waals surface area contributed by atoms with E-state index in [0.717, 1.165) is 12.1 Å². The first-order valence-corrected chi connectivity index (χ1v) is 16.9. The van der Waals surface area contributed by atoms with Gasteiger partial charge in [0.2, 0.25) is 0 Å². The van der Waals surface area contributed by atoms with Crippen LogP contribution in [-0.4, -0.2) is 30.8 Å². The van der Waals surface area contributed by atoms with E-state index in [-0.39, 0.29) is 0 Å². The van der Waals surface area contributed by atoms with Crippen molar-refractivity contribution in [3.63, 3.8) is 0 Å². The standard InChI is InChI=1S/C16H38O2Si3/c1-10-12-16(4,11-2)21(8,9)18-15(3)20(6,7)14-13-19(5)17/h15H,10-14H2,1-9H3. The Balaban J connectivity index is 4.94. The highest BCUT2D eigenvalue weighted by Gasteiger charge is 2.45. The maximum atomic E-state index is 11.5. The highest BCUT2D eigenvalue weighted by Crippen LogP contribution is 2.46. The largest absolute Gasteiger partial charge is 0.417 e. The van der Waals surface area contributed by atoms with Crippen molar-refractivity contribution >= 4 is 25.1 Å². The third kappa shape index (κ3) is 6.20. The summed E-state index contributed by atoms with van der Waals surface area (Å²) in [5, 5.41) is 0.360. The number of rotatable bonds is 10. The van der Waals surface area contributed by atoms with Gasteiger partial charge in [0.05, 0.1) is 8.07 Å². The van der Waals surface area contributed by atoms with Gasteiger partial charge in [-0.15, -0.1) is 0 Å². The topological polar surface area (TPSA) is 26.3 Å². The third-order valence-electron chi connectivity index (χ3n) is 5.73. The molecule has 2 atom stereocenters. The Morgan fingerprint density at radius 2 is 1.71 bits per heavy atom. The maximum absolute atomic E-state index is 11.5. The minimum absolute atomic E-state index is 0.360. The lowest BCUT2D eigenvalue weighted by molar-refractivity contribution is 0.248. The SMILES string of the molecule is CCCC(C)(CC)[Si](C)(C)OC(C)[Si](C)(C)CC[Si](C)=O. The maximum Gasteiger partial charge on any atom is 0.273 e. The normalized spacial score (nSPS) is 17.4. The van der Waals surface area contributed by atoms with E-state index in [4.69, 9.17) is 4.43 Å². The van der Waals surface area contributed by atoms with Crippen LogP contribution in [0.5, 0.6) is 0 Å². The van der Waals surface area contributed by atoms with Crippen LogP contribution < -0.4 is 0 Å². The molecule has 0 N–H and O–H groups in total. The fourth-order valence-electron chi connectivity index (χ4n) is 2.90. The zero-order valence-corrected chi connectivity index (χ0v) is 18.9. The van der Waals surface area contributed by atoms with Crippen molar-refractivity contribution in [2.24, 2.45) is 0 Å². The van der Waals surface area contributed by atoms with Crippen LogP contribution in [0.2, 0.25) is 49.9 Å². The molecule has 0 spiro atoms. The summed E-state index contributed by atoms with van der Waals surface area (Å²) in [7, 11) is -4.54. The van der Waals surface area contributed by atoms with Gasteiger partial charge in [0.25, 0.3) is 8.68 Å². The Kier molecular flexibility index (Phi) is 8.48. The quantitative estimate of drug-likeness (QED) is 0.463. The van der Waals surface area contributed by atoms with Crippen LogP contribution in [0.15, 0.2) is 0 Å². The van der Waals surface area contributed by atoms with Crippen molar-refractivity contribution in [2.45, 2.75) is 103 Å². The Bertz CT molecular complexity index is 342. The second kappa shape index (κ2) is 8.32. The Labute approximate surface area is 136 Å². The van der Waals surface area contributed by atoms with Crippen molar-refractivity contribution in [3.8, 4) is 0 Å². The monoisotopic (exact) mass is 346 g/mol. The predicted octanol–water partition coefficient (Wildman–Crippen LogP) is 5.87. The van der Waals surface area contributed by atoms with Crippen molar-refractivity contribution < 1.29 is 8.89 Å². The molecule has 0 radical (unpaired) electrons. The molecular formula is C16H38O2Si3. The molecule has 0 aromatic heterocycles. The molecule has 0 bridgehead atoms.